The molecule has 2 aromatic rings. The minimum absolute atomic E-state index is 0.0282. The summed E-state index contributed by atoms with van der Waals surface area (Å²) >= 11 is 18.0. The molecule has 0 N–H and O–H groups in total. The summed E-state index contributed by atoms with van der Waals surface area (Å²) in [5.74, 6) is -0.0282. The van der Waals surface area contributed by atoms with Crippen LogP contribution in [0.15, 0.2) is 47.4 Å². The fourth-order valence-electron chi connectivity index (χ4n) is 3.07. The first-order chi connectivity index (χ1) is 13.3. The summed E-state index contributed by atoms with van der Waals surface area (Å²) in [6, 6.07) is 11.4. The SMILES string of the molecule is O=C(CCc1cccc(Cl)c1Cl)N1CCN(S(=O)(=O)c2ccc(Cl)cc2)CC1. The van der Waals surface area contributed by atoms with Gasteiger partial charge < -0.3 is 4.90 Å². The van der Waals surface area contributed by atoms with Crippen LogP contribution >= 0.6 is 34.8 Å². The molecular formula is C19H19Cl3N2O3S. The molecule has 0 spiro atoms. The summed E-state index contributed by atoms with van der Waals surface area (Å²) in [7, 11) is -3.59. The molecule has 1 aliphatic heterocycles. The number of sulfonamides is 1. The maximum Gasteiger partial charge on any atom is 0.243 e. The molecule has 1 amide bonds. The molecule has 0 radical (unpaired) electrons. The molecule has 2 aromatic carbocycles. The second-order valence-electron chi connectivity index (χ2n) is 6.45. The standard InChI is InChI=1S/C19H19Cl3N2O3S/c20-15-5-7-16(8-6-15)28(26,27)24-12-10-23(11-13-24)18(25)9-4-14-2-1-3-17(21)19(14)22/h1-3,5-8H,4,9-13H2. The highest BCUT2D eigenvalue weighted by atomic mass is 35.5. The van der Waals surface area contributed by atoms with Crippen molar-refractivity contribution < 1.29 is 13.2 Å². The number of carbonyl (C=O) groups is 1. The Morgan fingerprint density at radius 3 is 2.21 bits per heavy atom. The number of nitrogens with zero attached hydrogens (tertiary/aromatic N) is 2. The number of aryl methyl sites for hydroxylation is 1. The number of amides is 1. The first-order valence-electron chi connectivity index (χ1n) is 8.75. The van der Waals surface area contributed by atoms with Crippen molar-refractivity contribution in [1.29, 1.82) is 0 Å². The molecule has 0 bridgehead atoms. The first-order valence-corrected chi connectivity index (χ1v) is 11.3. The van der Waals surface area contributed by atoms with Gasteiger partial charge in [-0.1, -0.05) is 46.9 Å². The molecule has 1 heterocycles. The van der Waals surface area contributed by atoms with Crippen LogP contribution in [-0.4, -0.2) is 49.7 Å². The predicted octanol–water partition coefficient (Wildman–Crippen LogP) is 4.11. The molecule has 0 saturated carbocycles. The minimum atomic E-state index is -3.59. The van der Waals surface area contributed by atoms with Crippen LogP contribution in [0.25, 0.3) is 0 Å². The Hall–Kier alpha value is -1.31. The van der Waals surface area contributed by atoms with Gasteiger partial charge in [0, 0.05) is 37.6 Å². The van der Waals surface area contributed by atoms with E-state index in [0.29, 0.717) is 41.0 Å². The van der Waals surface area contributed by atoms with E-state index >= 15 is 0 Å². The van der Waals surface area contributed by atoms with Crippen LogP contribution in [0.2, 0.25) is 15.1 Å². The largest absolute Gasteiger partial charge is 0.340 e. The van der Waals surface area contributed by atoms with Crippen molar-refractivity contribution in [3.8, 4) is 0 Å². The lowest BCUT2D eigenvalue weighted by atomic mass is 10.1. The van der Waals surface area contributed by atoms with E-state index in [1.807, 2.05) is 6.07 Å². The van der Waals surface area contributed by atoms with E-state index in [4.69, 9.17) is 34.8 Å². The molecule has 0 atom stereocenters. The Morgan fingerprint density at radius 1 is 0.929 bits per heavy atom. The Balaban J connectivity index is 1.56. The van der Waals surface area contributed by atoms with E-state index < -0.39 is 10.0 Å². The van der Waals surface area contributed by atoms with Gasteiger partial charge in [-0.2, -0.15) is 4.31 Å². The van der Waals surface area contributed by atoms with E-state index in [2.05, 4.69) is 0 Å². The summed E-state index contributed by atoms with van der Waals surface area (Å²) in [5, 5.41) is 1.41. The van der Waals surface area contributed by atoms with Gasteiger partial charge in [-0.25, -0.2) is 8.42 Å². The van der Waals surface area contributed by atoms with Crippen LogP contribution in [0.5, 0.6) is 0 Å². The third-order valence-corrected chi connectivity index (χ3v) is 7.71. The Bertz CT molecular complexity index is 957. The van der Waals surface area contributed by atoms with Crippen molar-refractivity contribution in [2.45, 2.75) is 17.7 Å². The number of benzene rings is 2. The minimum Gasteiger partial charge on any atom is -0.340 e. The molecule has 1 saturated heterocycles. The van der Waals surface area contributed by atoms with Gasteiger partial charge >= 0.3 is 0 Å². The average Bonchev–Trinajstić information content (AvgIpc) is 2.69. The highest BCUT2D eigenvalue weighted by Gasteiger charge is 2.30. The zero-order valence-electron chi connectivity index (χ0n) is 14.9. The van der Waals surface area contributed by atoms with Gasteiger partial charge in [-0.3, -0.25) is 4.79 Å². The molecule has 9 heteroatoms. The van der Waals surface area contributed by atoms with Crippen molar-refractivity contribution in [1.82, 2.24) is 9.21 Å². The van der Waals surface area contributed by atoms with Crippen LogP contribution in [0.4, 0.5) is 0 Å². The molecule has 5 nitrogen and oxygen atoms in total. The van der Waals surface area contributed by atoms with E-state index in [9.17, 15) is 13.2 Å². The molecule has 0 unspecified atom stereocenters. The van der Waals surface area contributed by atoms with Gasteiger partial charge in [0.15, 0.2) is 0 Å². The van der Waals surface area contributed by atoms with Gasteiger partial charge in [0.1, 0.15) is 0 Å². The average molecular weight is 462 g/mol. The Labute approximate surface area is 179 Å². The third kappa shape index (κ3) is 4.81. The monoisotopic (exact) mass is 460 g/mol. The fraction of sp³-hybridized carbons (Fsp3) is 0.316. The summed E-state index contributed by atoms with van der Waals surface area (Å²) in [6.45, 7) is 1.23. The number of hydrogen-bond donors (Lipinski definition) is 0. The van der Waals surface area contributed by atoms with Crippen LogP contribution in [-0.2, 0) is 21.2 Å². The second kappa shape index (κ2) is 9.01. The predicted molar refractivity (Wildman–Crippen MR) is 112 cm³/mol. The number of hydrogen-bond acceptors (Lipinski definition) is 3. The molecule has 28 heavy (non-hydrogen) atoms. The van der Waals surface area contributed by atoms with Crippen LogP contribution in [0.3, 0.4) is 0 Å². The van der Waals surface area contributed by atoms with E-state index in [1.54, 1.807) is 29.2 Å². The van der Waals surface area contributed by atoms with Gasteiger partial charge in [-0.15, -0.1) is 0 Å². The lowest BCUT2D eigenvalue weighted by Gasteiger charge is -2.34. The lowest BCUT2D eigenvalue weighted by Crippen LogP contribution is -2.50. The highest BCUT2D eigenvalue weighted by molar-refractivity contribution is 7.89. The van der Waals surface area contributed by atoms with Crippen LogP contribution in [0, 0.1) is 0 Å². The van der Waals surface area contributed by atoms with Gasteiger partial charge in [0.2, 0.25) is 15.9 Å². The molecule has 1 aliphatic rings. The normalized spacial score (nSPS) is 15.6. The lowest BCUT2D eigenvalue weighted by molar-refractivity contribution is -0.132. The summed E-state index contributed by atoms with van der Waals surface area (Å²) in [5.41, 5.74) is 0.825. The molecule has 3 rings (SSSR count). The molecule has 1 fully saturated rings. The maximum atomic E-state index is 12.7. The van der Waals surface area contributed by atoms with E-state index in [-0.39, 0.29) is 23.9 Å². The number of halogens is 3. The number of piperazine rings is 1. The smallest absolute Gasteiger partial charge is 0.243 e. The van der Waals surface area contributed by atoms with Crippen molar-refractivity contribution in [2.75, 3.05) is 26.2 Å². The number of carbonyl (C=O) groups excluding carboxylic acids is 1. The van der Waals surface area contributed by atoms with Crippen molar-refractivity contribution in [2.24, 2.45) is 0 Å². The molecular weight excluding hydrogens is 443 g/mol. The summed E-state index contributed by atoms with van der Waals surface area (Å²) < 4.78 is 26.8. The molecule has 0 aromatic heterocycles. The topological polar surface area (TPSA) is 57.7 Å². The Kier molecular flexibility index (Phi) is 6.89. The Morgan fingerprint density at radius 2 is 1.57 bits per heavy atom. The van der Waals surface area contributed by atoms with Gasteiger partial charge in [0.25, 0.3) is 0 Å². The van der Waals surface area contributed by atoms with Gasteiger partial charge in [-0.05, 0) is 42.3 Å². The fourth-order valence-corrected chi connectivity index (χ4v) is 5.04. The highest BCUT2D eigenvalue weighted by Crippen LogP contribution is 2.26. The number of rotatable bonds is 5. The van der Waals surface area contributed by atoms with E-state index in [0.717, 1.165) is 5.56 Å². The maximum absolute atomic E-state index is 12.7. The molecule has 0 aliphatic carbocycles. The zero-order chi connectivity index (χ0) is 20.3. The van der Waals surface area contributed by atoms with Gasteiger partial charge in [0.05, 0.1) is 14.9 Å². The van der Waals surface area contributed by atoms with Crippen molar-refractivity contribution >= 4 is 50.7 Å². The van der Waals surface area contributed by atoms with Crippen LogP contribution in [0.1, 0.15) is 12.0 Å². The van der Waals surface area contributed by atoms with Crippen molar-refractivity contribution in [3.05, 3.63) is 63.1 Å². The van der Waals surface area contributed by atoms with Crippen molar-refractivity contribution in [3.63, 3.8) is 0 Å². The van der Waals surface area contributed by atoms with Crippen LogP contribution < -0.4 is 0 Å². The second-order valence-corrected chi connectivity index (χ2v) is 9.61. The summed E-state index contributed by atoms with van der Waals surface area (Å²) in [4.78, 5) is 14.4. The first kappa shape index (κ1) is 21.4. The van der Waals surface area contributed by atoms with E-state index in [1.165, 1.54) is 16.4 Å². The third-order valence-electron chi connectivity index (χ3n) is 4.68. The zero-order valence-corrected chi connectivity index (χ0v) is 18.0. The quantitative estimate of drug-likeness (QED) is 0.673. The molecule has 150 valence electrons. The summed E-state index contributed by atoms with van der Waals surface area (Å²) in [6.07, 6.45) is 0.783.